The second kappa shape index (κ2) is 16.5. The Kier molecular flexibility index (Phi) is 15.5. The first-order valence-electron chi connectivity index (χ1n) is 12.7. The maximum Gasteiger partial charge on any atom is 0.0701 e. The smallest absolute Gasteiger partial charge is 0.0701 e. The number of hydrogen-bond acceptors (Lipinski definition) is 2. The molecule has 2 aromatic carbocycles. The number of benzene rings is 2. The predicted octanol–water partition coefficient (Wildman–Crippen LogP) is 8.73. The van der Waals surface area contributed by atoms with Gasteiger partial charge in [0.2, 0.25) is 0 Å². The molecule has 2 aromatic rings. The normalized spacial score (nSPS) is 11.8. The number of rotatable bonds is 8. The van der Waals surface area contributed by atoms with Gasteiger partial charge in [-0.3, -0.25) is 4.99 Å². The largest absolute Gasteiger partial charge is 0.845 e. The minimum absolute atomic E-state index is 0. The summed E-state index contributed by atoms with van der Waals surface area (Å²) < 4.78 is 0. The van der Waals surface area contributed by atoms with Crippen LogP contribution >= 0.6 is 0 Å². The van der Waals surface area contributed by atoms with E-state index in [1.807, 2.05) is 5.92 Å². The van der Waals surface area contributed by atoms with E-state index in [2.05, 4.69) is 118 Å². The van der Waals surface area contributed by atoms with Gasteiger partial charge in [-0.25, -0.2) is 0 Å². The SMILES string of the molecule is C#CC[O-].CC(/C=C(\C)[N-]c1c(C(C)C)cccc1C(C)C)=Nc1c(C(C)C)cccc1C(C)C.[Ga].[HH]. The van der Waals surface area contributed by atoms with E-state index in [9.17, 15) is 0 Å². The van der Waals surface area contributed by atoms with E-state index in [1.165, 1.54) is 22.3 Å². The molecule has 0 N–H and O–H groups in total. The molecule has 195 valence electrons. The molecule has 36 heavy (non-hydrogen) atoms. The fraction of sp³-hybridized carbons (Fsp3) is 0.469. The number of para-hydroxylation sites is 2. The van der Waals surface area contributed by atoms with Crippen molar-refractivity contribution in [2.45, 2.75) is 92.9 Å². The number of allylic oxidation sites excluding steroid dienone is 2. The molecule has 0 heterocycles. The van der Waals surface area contributed by atoms with Crippen molar-refractivity contribution in [2.75, 3.05) is 6.61 Å². The monoisotopic (exact) mass is 543 g/mol. The average Bonchev–Trinajstić information content (AvgIpc) is 2.78. The Labute approximate surface area is 235 Å². The van der Waals surface area contributed by atoms with Crippen LogP contribution in [0.4, 0.5) is 11.4 Å². The van der Waals surface area contributed by atoms with Gasteiger partial charge < -0.3 is 10.4 Å². The maximum absolute atomic E-state index is 9.06. The molecule has 0 spiro atoms. The summed E-state index contributed by atoms with van der Waals surface area (Å²) in [5, 5.41) is 14.1. The molecule has 0 atom stereocenters. The Bertz CT molecular complexity index is 1010. The van der Waals surface area contributed by atoms with Crippen LogP contribution in [0.15, 0.2) is 53.2 Å². The number of hydrogen-bond donors (Lipinski definition) is 0. The summed E-state index contributed by atoms with van der Waals surface area (Å²) in [7, 11) is 0. The van der Waals surface area contributed by atoms with Gasteiger partial charge in [0.1, 0.15) is 0 Å². The molecule has 0 fully saturated rings. The van der Waals surface area contributed by atoms with E-state index < -0.39 is 6.61 Å². The molecule has 0 bridgehead atoms. The van der Waals surface area contributed by atoms with Gasteiger partial charge in [-0.15, -0.1) is 18.0 Å². The fourth-order valence-electron chi connectivity index (χ4n) is 4.00. The van der Waals surface area contributed by atoms with Gasteiger partial charge in [-0.05, 0) is 41.7 Å². The van der Waals surface area contributed by atoms with Crippen LogP contribution < -0.4 is 5.11 Å². The van der Waals surface area contributed by atoms with E-state index in [0.717, 1.165) is 22.8 Å². The fourth-order valence-corrected chi connectivity index (χ4v) is 4.00. The van der Waals surface area contributed by atoms with Crippen molar-refractivity contribution in [3.05, 3.63) is 75.7 Å². The molecule has 0 aliphatic rings. The first kappa shape index (κ1) is 33.8. The Morgan fingerprint density at radius 2 is 1.22 bits per heavy atom. The third-order valence-corrected chi connectivity index (χ3v) is 5.76. The molecule has 0 saturated heterocycles. The van der Waals surface area contributed by atoms with E-state index >= 15 is 0 Å². The summed E-state index contributed by atoms with van der Waals surface area (Å²) in [6.07, 6.45) is 6.58. The van der Waals surface area contributed by atoms with Crippen LogP contribution in [0, 0.1) is 12.3 Å². The van der Waals surface area contributed by atoms with Crippen molar-refractivity contribution in [2.24, 2.45) is 4.99 Å². The summed E-state index contributed by atoms with van der Waals surface area (Å²) in [6, 6.07) is 13.1. The molecule has 0 aliphatic heterocycles. The van der Waals surface area contributed by atoms with Crippen LogP contribution in [0.2, 0.25) is 0 Å². The van der Waals surface area contributed by atoms with Crippen molar-refractivity contribution in [1.82, 2.24) is 0 Å². The summed E-state index contributed by atoms with van der Waals surface area (Å²) in [6.45, 7) is 21.7. The van der Waals surface area contributed by atoms with Gasteiger partial charge >= 0.3 is 0 Å². The van der Waals surface area contributed by atoms with Crippen molar-refractivity contribution < 1.29 is 6.53 Å². The summed E-state index contributed by atoms with van der Waals surface area (Å²) in [5.74, 6) is 3.62. The molecular weight excluding hydrogens is 498 g/mol. The predicted molar refractivity (Wildman–Crippen MR) is 160 cm³/mol. The van der Waals surface area contributed by atoms with E-state index in [4.69, 9.17) is 15.4 Å². The van der Waals surface area contributed by atoms with Crippen molar-refractivity contribution in [1.29, 1.82) is 0 Å². The Morgan fingerprint density at radius 3 is 1.56 bits per heavy atom. The Morgan fingerprint density at radius 1 is 0.861 bits per heavy atom. The zero-order chi connectivity index (χ0) is 26.7. The van der Waals surface area contributed by atoms with Gasteiger partial charge in [-0.2, -0.15) is 5.70 Å². The van der Waals surface area contributed by atoms with Crippen molar-refractivity contribution in [3.8, 4) is 12.3 Å². The van der Waals surface area contributed by atoms with Crippen LogP contribution in [-0.2, 0) is 0 Å². The summed E-state index contributed by atoms with van der Waals surface area (Å²) >= 11 is 0. The molecule has 0 saturated carbocycles. The molecule has 3 nitrogen and oxygen atoms in total. The summed E-state index contributed by atoms with van der Waals surface area (Å²) in [5.41, 5.74) is 9.45. The average molecular weight is 544 g/mol. The molecule has 0 aliphatic carbocycles. The van der Waals surface area contributed by atoms with Crippen LogP contribution in [0.1, 0.15) is 117 Å². The second-order valence-corrected chi connectivity index (χ2v) is 10.2. The van der Waals surface area contributed by atoms with Gasteiger partial charge in [0, 0.05) is 26.9 Å². The maximum atomic E-state index is 9.06. The third-order valence-electron chi connectivity index (χ3n) is 5.76. The summed E-state index contributed by atoms with van der Waals surface area (Å²) in [4.78, 5) is 5.08. The van der Waals surface area contributed by atoms with Crippen molar-refractivity contribution in [3.63, 3.8) is 0 Å². The standard InChI is InChI=1S/C29H41N2.C3H3O.Ga.H2/c1-18(2)24-13-11-14-25(19(3)4)28(24)30-22(9)17-23(10)31-29-26(20(5)6)15-12-16-27(29)21(7)8;1-2-3-4;;/h11-21H,1-10H3;1H,3H2;;1H/q2*-1;;/b22-17+,31-23?;;;. The molecular formula is C32H46GaN2O-2. The number of terminal acetylenes is 1. The second-order valence-electron chi connectivity index (χ2n) is 10.2. The van der Waals surface area contributed by atoms with Crippen LogP contribution in [0.25, 0.3) is 5.32 Å². The topological polar surface area (TPSA) is 49.5 Å². The molecule has 0 amide bonds. The van der Waals surface area contributed by atoms with Crippen LogP contribution in [0.3, 0.4) is 0 Å². The van der Waals surface area contributed by atoms with Gasteiger partial charge in [0.15, 0.2) is 0 Å². The van der Waals surface area contributed by atoms with Crippen molar-refractivity contribution >= 4 is 36.9 Å². The molecule has 3 radical (unpaired) electrons. The number of nitrogens with zero attached hydrogens (tertiary/aromatic N) is 2. The molecule has 4 heteroatoms. The van der Waals surface area contributed by atoms with Gasteiger partial charge in [0.05, 0.1) is 5.69 Å². The molecule has 2 rings (SSSR count). The number of aliphatic imine (C=N–C) groups is 1. The van der Waals surface area contributed by atoms with E-state index in [-0.39, 0.29) is 21.2 Å². The third kappa shape index (κ3) is 10.0. The van der Waals surface area contributed by atoms with Gasteiger partial charge in [-0.1, -0.05) is 123 Å². The van der Waals surface area contributed by atoms with E-state index in [0.29, 0.717) is 23.7 Å². The first-order chi connectivity index (χ1) is 16.4. The zero-order valence-corrected chi connectivity index (χ0v) is 26.4. The first-order valence-corrected chi connectivity index (χ1v) is 12.7. The van der Waals surface area contributed by atoms with E-state index in [1.54, 1.807) is 0 Å². The Hall–Kier alpha value is -2.19. The minimum Gasteiger partial charge on any atom is -0.845 e. The zero-order valence-electron chi connectivity index (χ0n) is 24.0. The van der Waals surface area contributed by atoms with Crippen LogP contribution in [0.5, 0.6) is 0 Å². The van der Waals surface area contributed by atoms with Crippen LogP contribution in [-0.4, -0.2) is 32.1 Å². The quantitative estimate of drug-likeness (QED) is 0.186. The minimum atomic E-state index is -0.403. The molecule has 0 aromatic heterocycles. The van der Waals surface area contributed by atoms with Gasteiger partial charge in [0.25, 0.3) is 0 Å². The molecule has 0 unspecified atom stereocenters. The Balaban J connectivity index is 0.